The minimum Gasteiger partial charge on any atom is -0.497 e. The number of nitrogens with zero attached hydrogens (tertiary/aromatic N) is 1. The first-order valence-electron chi connectivity index (χ1n) is 6.57. The summed E-state index contributed by atoms with van der Waals surface area (Å²) in [7, 11) is 1.66. The number of hydrogen-bond donors (Lipinski definition) is 0. The minimum absolute atomic E-state index is 0.149. The van der Waals surface area contributed by atoms with E-state index in [9.17, 15) is 10.1 Å². The zero-order valence-electron chi connectivity index (χ0n) is 11.2. The molecule has 2 atom stereocenters. The van der Waals surface area contributed by atoms with Crippen molar-refractivity contribution in [2.75, 3.05) is 7.11 Å². The molecule has 4 heteroatoms. The summed E-state index contributed by atoms with van der Waals surface area (Å²) in [5, 5.41) is 10.6. The van der Waals surface area contributed by atoms with E-state index in [1.54, 1.807) is 19.2 Å². The summed E-state index contributed by atoms with van der Waals surface area (Å²) in [4.78, 5) is 10.3. The molecule has 3 rings (SSSR count). The van der Waals surface area contributed by atoms with Crippen molar-refractivity contribution < 1.29 is 9.66 Å². The van der Waals surface area contributed by atoms with Crippen molar-refractivity contribution in [1.29, 1.82) is 0 Å². The van der Waals surface area contributed by atoms with Gasteiger partial charge in [0.25, 0.3) is 5.69 Å². The van der Waals surface area contributed by atoms with Crippen LogP contribution in [-0.4, -0.2) is 12.0 Å². The van der Waals surface area contributed by atoms with Crippen molar-refractivity contribution in [2.24, 2.45) is 0 Å². The fourth-order valence-corrected chi connectivity index (χ4v) is 2.63. The molecule has 0 spiro atoms. The van der Waals surface area contributed by atoms with Gasteiger partial charge in [0.15, 0.2) is 0 Å². The maximum absolute atomic E-state index is 10.6. The molecule has 0 aromatic heterocycles. The highest BCUT2D eigenvalue weighted by Crippen LogP contribution is 2.54. The smallest absolute Gasteiger partial charge is 0.269 e. The number of nitro groups is 1. The van der Waals surface area contributed by atoms with Gasteiger partial charge in [-0.3, -0.25) is 10.1 Å². The van der Waals surface area contributed by atoms with Gasteiger partial charge in [0.05, 0.1) is 12.0 Å². The van der Waals surface area contributed by atoms with E-state index in [1.165, 1.54) is 11.1 Å². The standard InChI is InChI=1S/C16H15NO3/c1-20-14-8-4-12(5-9-14)16-10-15(16)11-2-6-13(7-3-11)17(18)19/h2-9,15-16H,10H2,1H3/t15-,16+/m1/s1. The van der Waals surface area contributed by atoms with Crippen molar-refractivity contribution in [3.63, 3.8) is 0 Å². The molecule has 0 bridgehead atoms. The lowest BCUT2D eigenvalue weighted by molar-refractivity contribution is -0.384. The van der Waals surface area contributed by atoms with Crippen LogP contribution in [-0.2, 0) is 0 Å². The summed E-state index contributed by atoms with van der Waals surface area (Å²) in [5.41, 5.74) is 2.63. The van der Waals surface area contributed by atoms with Crippen molar-refractivity contribution >= 4 is 5.69 Å². The van der Waals surface area contributed by atoms with E-state index in [2.05, 4.69) is 12.1 Å². The maximum Gasteiger partial charge on any atom is 0.269 e. The molecule has 20 heavy (non-hydrogen) atoms. The third-order valence-corrected chi connectivity index (χ3v) is 3.87. The molecule has 2 aromatic rings. The Balaban J connectivity index is 1.73. The third-order valence-electron chi connectivity index (χ3n) is 3.87. The molecule has 0 heterocycles. The highest BCUT2D eigenvalue weighted by atomic mass is 16.6. The van der Waals surface area contributed by atoms with E-state index < -0.39 is 0 Å². The normalized spacial score (nSPS) is 20.4. The Hall–Kier alpha value is -2.36. The van der Waals surface area contributed by atoms with Crippen LogP contribution in [0.4, 0.5) is 5.69 Å². The van der Waals surface area contributed by atoms with Crippen molar-refractivity contribution in [2.45, 2.75) is 18.3 Å². The lowest BCUT2D eigenvalue weighted by Crippen LogP contribution is -1.89. The molecule has 1 saturated carbocycles. The lowest BCUT2D eigenvalue weighted by atomic mass is 10.0. The number of ether oxygens (including phenoxy) is 1. The van der Waals surface area contributed by atoms with Crippen LogP contribution in [0.3, 0.4) is 0 Å². The predicted molar refractivity (Wildman–Crippen MR) is 76.2 cm³/mol. The molecule has 0 N–H and O–H groups in total. The summed E-state index contributed by atoms with van der Waals surface area (Å²) in [6.45, 7) is 0. The Morgan fingerprint density at radius 1 is 1.00 bits per heavy atom. The van der Waals surface area contributed by atoms with Crippen LogP contribution in [0, 0.1) is 10.1 Å². The second-order valence-electron chi connectivity index (χ2n) is 5.07. The topological polar surface area (TPSA) is 52.4 Å². The molecule has 4 nitrogen and oxygen atoms in total. The molecular weight excluding hydrogens is 254 g/mol. The Bertz CT molecular complexity index is 619. The van der Waals surface area contributed by atoms with Gasteiger partial charge in [0, 0.05) is 12.1 Å². The first kappa shape index (κ1) is 12.7. The second kappa shape index (κ2) is 4.96. The van der Waals surface area contributed by atoms with Gasteiger partial charge in [0.1, 0.15) is 5.75 Å². The first-order valence-corrected chi connectivity index (χ1v) is 6.57. The van der Waals surface area contributed by atoms with Crippen LogP contribution in [0.15, 0.2) is 48.5 Å². The van der Waals surface area contributed by atoms with Crippen LogP contribution in [0.25, 0.3) is 0 Å². The van der Waals surface area contributed by atoms with Gasteiger partial charge >= 0.3 is 0 Å². The quantitative estimate of drug-likeness (QED) is 0.625. The third kappa shape index (κ3) is 2.37. The fraction of sp³-hybridized carbons (Fsp3) is 0.250. The zero-order chi connectivity index (χ0) is 14.1. The Morgan fingerprint density at radius 2 is 1.50 bits per heavy atom. The van der Waals surface area contributed by atoms with E-state index in [0.29, 0.717) is 11.8 Å². The number of hydrogen-bond acceptors (Lipinski definition) is 3. The van der Waals surface area contributed by atoms with Crippen LogP contribution in [0.5, 0.6) is 5.75 Å². The van der Waals surface area contributed by atoms with Crippen LogP contribution in [0.2, 0.25) is 0 Å². The maximum atomic E-state index is 10.6. The number of methoxy groups -OCH3 is 1. The lowest BCUT2D eigenvalue weighted by Gasteiger charge is -2.03. The Labute approximate surface area is 117 Å². The largest absolute Gasteiger partial charge is 0.497 e. The molecule has 1 aliphatic rings. The number of nitro benzene ring substituents is 1. The zero-order valence-corrected chi connectivity index (χ0v) is 11.2. The molecule has 1 fully saturated rings. The van der Waals surface area contributed by atoms with Crippen LogP contribution in [0.1, 0.15) is 29.4 Å². The second-order valence-corrected chi connectivity index (χ2v) is 5.07. The first-order chi connectivity index (χ1) is 9.69. The number of benzene rings is 2. The van der Waals surface area contributed by atoms with Crippen molar-refractivity contribution in [1.82, 2.24) is 0 Å². The Kier molecular flexibility index (Phi) is 3.14. The monoisotopic (exact) mass is 269 g/mol. The fourth-order valence-electron chi connectivity index (χ4n) is 2.63. The van der Waals surface area contributed by atoms with Gasteiger partial charge < -0.3 is 4.74 Å². The van der Waals surface area contributed by atoms with Gasteiger partial charge in [-0.25, -0.2) is 0 Å². The van der Waals surface area contributed by atoms with Gasteiger partial charge in [-0.05, 0) is 41.5 Å². The average Bonchev–Trinajstić information content (AvgIpc) is 3.28. The molecule has 0 aliphatic heterocycles. The molecule has 1 aliphatic carbocycles. The number of non-ortho nitro benzene ring substituents is 1. The van der Waals surface area contributed by atoms with Crippen LogP contribution < -0.4 is 4.74 Å². The predicted octanol–water partition coefficient (Wildman–Crippen LogP) is 3.87. The van der Waals surface area contributed by atoms with E-state index in [-0.39, 0.29) is 10.6 Å². The van der Waals surface area contributed by atoms with Gasteiger partial charge in [0.2, 0.25) is 0 Å². The van der Waals surface area contributed by atoms with Gasteiger partial charge in [-0.15, -0.1) is 0 Å². The van der Waals surface area contributed by atoms with Gasteiger partial charge in [-0.2, -0.15) is 0 Å². The van der Waals surface area contributed by atoms with E-state index in [4.69, 9.17) is 4.74 Å². The van der Waals surface area contributed by atoms with E-state index in [0.717, 1.165) is 12.2 Å². The summed E-state index contributed by atoms with van der Waals surface area (Å²) < 4.78 is 5.15. The summed E-state index contributed by atoms with van der Waals surface area (Å²) in [6.07, 6.45) is 1.10. The summed E-state index contributed by atoms with van der Waals surface area (Å²) >= 11 is 0. The number of rotatable bonds is 4. The van der Waals surface area contributed by atoms with Crippen molar-refractivity contribution in [3.05, 3.63) is 69.8 Å². The molecule has 0 unspecified atom stereocenters. The Morgan fingerprint density at radius 3 is 1.95 bits per heavy atom. The average molecular weight is 269 g/mol. The van der Waals surface area contributed by atoms with E-state index in [1.807, 2.05) is 24.3 Å². The van der Waals surface area contributed by atoms with Crippen molar-refractivity contribution in [3.8, 4) is 5.75 Å². The molecule has 0 saturated heterocycles. The van der Waals surface area contributed by atoms with E-state index >= 15 is 0 Å². The molecular formula is C16H15NO3. The summed E-state index contributed by atoms with van der Waals surface area (Å²) in [6, 6.07) is 15.0. The summed E-state index contributed by atoms with van der Waals surface area (Å²) in [5.74, 6) is 1.85. The van der Waals surface area contributed by atoms with Crippen LogP contribution >= 0.6 is 0 Å². The highest BCUT2D eigenvalue weighted by molar-refractivity contribution is 5.41. The highest BCUT2D eigenvalue weighted by Gasteiger charge is 2.39. The van der Waals surface area contributed by atoms with Gasteiger partial charge in [-0.1, -0.05) is 24.3 Å². The molecule has 0 radical (unpaired) electrons. The SMILES string of the molecule is COc1ccc([C@@H]2C[C@@H]2c2ccc([N+](=O)[O-])cc2)cc1. The molecule has 2 aromatic carbocycles. The molecule has 0 amide bonds. The minimum atomic E-state index is -0.363. The molecule has 102 valence electrons.